The van der Waals surface area contributed by atoms with Crippen molar-refractivity contribution in [3.8, 4) is 0 Å². The summed E-state index contributed by atoms with van der Waals surface area (Å²) >= 11 is 0. The number of halogens is 2. The molecule has 0 aliphatic heterocycles. The number of carbonyl (C=O) groups excluding carboxylic acids is 2. The fourth-order valence-electron chi connectivity index (χ4n) is 1.67. The van der Waals surface area contributed by atoms with E-state index in [-0.39, 0.29) is 5.91 Å². The van der Waals surface area contributed by atoms with Gasteiger partial charge in [0.2, 0.25) is 11.9 Å². The third-order valence-electron chi connectivity index (χ3n) is 2.53. The van der Waals surface area contributed by atoms with Crippen LogP contribution in [0.4, 0.5) is 20.2 Å². The minimum absolute atomic E-state index is 0.263. The number of benzene rings is 1. The van der Waals surface area contributed by atoms with Gasteiger partial charge >= 0.3 is 0 Å². The van der Waals surface area contributed by atoms with Crippen molar-refractivity contribution in [2.45, 2.75) is 6.92 Å². The number of anilines is 2. The molecule has 0 atom stereocenters. The number of carbonyl (C=O) groups is 2. The molecule has 21 heavy (non-hydrogen) atoms. The van der Waals surface area contributed by atoms with E-state index in [1.54, 1.807) is 18.2 Å². The fraction of sp³-hybridized carbons (Fsp3) is 0.0714. The predicted octanol–water partition coefficient (Wildman–Crippen LogP) is 2.57. The Balaban J connectivity index is 2.20. The Morgan fingerprint density at radius 3 is 2.43 bits per heavy atom. The third kappa shape index (κ3) is 3.59. The number of rotatable bonds is 3. The van der Waals surface area contributed by atoms with Crippen LogP contribution in [0.3, 0.4) is 0 Å². The Kier molecular flexibility index (Phi) is 4.22. The number of hydrogen-bond acceptors (Lipinski definition) is 3. The molecule has 1 aromatic carbocycles. The summed E-state index contributed by atoms with van der Waals surface area (Å²) in [4.78, 5) is 25.9. The summed E-state index contributed by atoms with van der Waals surface area (Å²) in [7, 11) is 0. The van der Waals surface area contributed by atoms with Crippen LogP contribution in [-0.2, 0) is 4.79 Å². The Morgan fingerprint density at radius 1 is 1.10 bits per heavy atom. The van der Waals surface area contributed by atoms with Gasteiger partial charge in [-0.3, -0.25) is 9.59 Å². The second-order valence-corrected chi connectivity index (χ2v) is 4.18. The lowest BCUT2D eigenvalue weighted by molar-refractivity contribution is -0.114. The molecule has 0 saturated carbocycles. The molecule has 0 unspecified atom stereocenters. The van der Waals surface area contributed by atoms with Crippen LogP contribution in [0.15, 0.2) is 36.5 Å². The van der Waals surface area contributed by atoms with E-state index in [1.807, 2.05) is 0 Å². The second kappa shape index (κ2) is 6.08. The first-order valence-corrected chi connectivity index (χ1v) is 5.96. The summed E-state index contributed by atoms with van der Waals surface area (Å²) in [5.41, 5.74) is 0.358. The van der Waals surface area contributed by atoms with Crippen LogP contribution >= 0.6 is 0 Å². The van der Waals surface area contributed by atoms with Crippen molar-refractivity contribution in [3.05, 3.63) is 53.9 Å². The average Bonchev–Trinajstić information content (AvgIpc) is 2.41. The van der Waals surface area contributed by atoms with Crippen LogP contribution in [0, 0.1) is 11.8 Å². The lowest BCUT2D eigenvalue weighted by Crippen LogP contribution is -2.15. The van der Waals surface area contributed by atoms with Crippen molar-refractivity contribution in [1.82, 2.24) is 4.98 Å². The number of hydrogen-bond donors (Lipinski definition) is 2. The molecule has 0 spiro atoms. The van der Waals surface area contributed by atoms with E-state index in [9.17, 15) is 18.4 Å². The zero-order valence-corrected chi connectivity index (χ0v) is 11.0. The van der Waals surface area contributed by atoms with Gasteiger partial charge in [-0.25, -0.2) is 9.37 Å². The summed E-state index contributed by atoms with van der Waals surface area (Å²) < 4.78 is 26.4. The van der Waals surface area contributed by atoms with Crippen molar-refractivity contribution in [3.63, 3.8) is 0 Å². The van der Waals surface area contributed by atoms with Gasteiger partial charge in [-0.05, 0) is 24.3 Å². The monoisotopic (exact) mass is 291 g/mol. The molecule has 0 fully saturated rings. The zero-order valence-electron chi connectivity index (χ0n) is 11.0. The number of aromatic nitrogens is 1. The van der Waals surface area contributed by atoms with Gasteiger partial charge in [-0.1, -0.05) is 6.07 Å². The molecule has 108 valence electrons. The first kappa shape index (κ1) is 14.6. The van der Waals surface area contributed by atoms with E-state index in [4.69, 9.17) is 0 Å². The molecule has 2 aromatic rings. The maximum Gasteiger partial charge on any atom is 0.258 e. The molecule has 5 nitrogen and oxygen atoms in total. The van der Waals surface area contributed by atoms with Gasteiger partial charge in [-0.15, -0.1) is 0 Å². The second-order valence-electron chi connectivity index (χ2n) is 4.18. The topological polar surface area (TPSA) is 71.1 Å². The maximum atomic E-state index is 13.5. The highest BCUT2D eigenvalue weighted by molar-refractivity contribution is 6.04. The lowest BCUT2D eigenvalue weighted by Gasteiger charge is -2.08. The summed E-state index contributed by atoms with van der Waals surface area (Å²) in [6.45, 7) is 1.35. The first-order chi connectivity index (χ1) is 9.97. The highest BCUT2D eigenvalue weighted by atomic mass is 19.2. The Morgan fingerprint density at radius 2 is 1.76 bits per heavy atom. The Bertz CT molecular complexity index is 704. The van der Waals surface area contributed by atoms with E-state index in [0.717, 1.165) is 12.3 Å². The highest BCUT2D eigenvalue weighted by Gasteiger charge is 2.16. The molecular formula is C14H11F2N3O2. The molecule has 1 aromatic heterocycles. The van der Waals surface area contributed by atoms with Crippen LogP contribution in [0.25, 0.3) is 0 Å². The molecule has 7 heteroatoms. The average molecular weight is 291 g/mol. The smallest absolute Gasteiger partial charge is 0.258 e. The van der Waals surface area contributed by atoms with Crippen LogP contribution in [0.1, 0.15) is 17.3 Å². The van der Waals surface area contributed by atoms with Crippen molar-refractivity contribution in [1.29, 1.82) is 0 Å². The molecule has 0 aliphatic rings. The summed E-state index contributed by atoms with van der Waals surface area (Å²) in [6.07, 6.45) is 1.00. The van der Waals surface area contributed by atoms with E-state index < -0.39 is 23.2 Å². The van der Waals surface area contributed by atoms with Gasteiger partial charge in [-0.2, -0.15) is 4.39 Å². The largest absolute Gasteiger partial charge is 0.326 e. The van der Waals surface area contributed by atoms with Crippen molar-refractivity contribution >= 4 is 23.2 Å². The minimum atomic E-state index is -1.34. The van der Waals surface area contributed by atoms with Crippen molar-refractivity contribution in [2.24, 2.45) is 0 Å². The van der Waals surface area contributed by atoms with Crippen LogP contribution < -0.4 is 10.6 Å². The Labute approximate surface area is 119 Å². The summed E-state index contributed by atoms with van der Waals surface area (Å²) in [5, 5.41) is 4.96. The lowest BCUT2D eigenvalue weighted by atomic mass is 10.2. The standard InChI is InChI=1S/C14H11F2N3O2/c1-8(20)18-9-3-2-4-10(7-9)19-14(21)11-5-6-17-13(16)12(11)15/h2-7H,1H3,(H,18,20)(H,19,21). The molecule has 2 N–H and O–H groups in total. The minimum Gasteiger partial charge on any atom is -0.326 e. The summed E-state index contributed by atoms with van der Waals surface area (Å²) in [6, 6.07) is 7.35. The number of nitrogens with zero attached hydrogens (tertiary/aromatic N) is 1. The van der Waals surface area contributed by atoms with Gasteiger partial charge in [0.1, 0.15) is 0 Å². The first-order valence-electron chi connectivity index (χ1n) is 5.96. The fourth-order valence-corrected chi connectivity index (χ4v) is 1.67. The molecular weight excluding hydrogens is 280 g/mol. The van der Waals surface area contributed by atoms with Gasteiger partial charge < -0.3 is 10.6 Å². The predicted molar refractivity (Wildman–Crippen MR) is 72.9 cm³/mol. The van der Waals surface area contributed by atoms with E-state index in [1.165, 1.54) is 13.0 Å². The van der Waals surface area contributed by atoms with Crippen LogP contribution in [-0.4, -0.2) is 16.8 Å². The molecule has 0 saturated heterocycles. The van der Waals surface area contributed by atoms with Crippen molar-refractivity contribution < 1.29 is 18.4 Å². The number of nitrogens with one attached hydrogen (secondary N) is 2. The molecule has 0 bridgehead atoms. The highest BCUT2D eigenvalue weighted by Crippen LogP contribution is 2.17. The SMILES string of the molecule is CC(=O)Nc1cccc(NC(=O)c2ccnc(F)c2F)c1. The van der Waals surface area contributed by atoms with Crippen LogP contribution in [0.2, 0.25) is 0 Å². The van der Waals surface area contributed by atoms with Gasteiger partial charge in [0.05, 0.1) is 5.56 Å². The summed E-state index contributed by atoms with van der Waals surface area (Å²) in [5.74, 6) is -3.72. The third-order valence-corrected chi connectivity index (χ3v) is 2.53. The van der Waals surface area contributed by atoms with Crippen molar-refractivity contribution in [2.75, 3.05) is 10.6 Å². The molecule has 2 rings (SSSR count). The van der Waals surface area contributed by atoms with Gasteiger partial charge in [0, 0.05) is 24.5 Å². The van der Waals surface area contributed by atoms with E-state index in [2.05, 4.69) is 15.6 Å². The normalized spacial score (nSPS) is 10.0. The zero-order chi connectivity index (χ0) is 15.4. The van der Waals surface area contributed by atoms with Crippen LogP contribution in [0.5, 0.6) is 0 Å². The van der Waals surface area contributed by atoms with Gasteiger partial charge in [0.25, 0.3) is 5.91 Å². The van der Waals surface area contributed by atoms with E-state index in [0.29, 0.717) is 11.4 Å². The van der Waals surface area contributed by atoms with E-state index >= 15 is 0 Å². The maximum absolute atomic E-state index is 13.5. The number of amides is 2. The molecule has 0 radical (unpaired) electrons. The molecule has 0 aliphatic carbocycles. The quantitative estimate of drug-likeness (QED) is 0.854. The molecule has 1 heterocycles. The number of pyridine rings is 1. The molecule has 2 amide bonds. The Hall–Kier alpha value is -2.83. The van der Waals surface area contributed by atoms with Gasteiger partial charge in [0.15, 0.2) is 5.82 Å².